The van der Waals surface area contributed by atoms with Crippen LogP contribution >= 0.6 is 0 Å². The minimum Gasteiger partial charge on any atom is -0.479 e. The third kappa shape index (κ3) is 3.92. The maximum atomic E-state index is 13.0. The van der Waals surface area contributed by atoms with Gasteiger partial charge in [-0.1, -0.05) is 55.0 Å². The van der Waals surface area contributed by atoms with Crippen molar-refractivity contribution in [3.8, 4) is 11.1 Å². The topological polar surface area (TPSA) is 116 Å². The number of rotatable bonds is 5. The van der Waals surface area contributed by atoms with Crippen LogP contribution in [0, 0.1) is 5.92 Å². The summed E-state index contributed by atoms with van der Waals surface area (Å²) in [7, 11) is 0. The number of aliphatic hydroxyl groups is 1. The Balaban J connectivity index is 1.21. The minimum atomic E-state index is -1.90. The Kier molecular flexibility index (Phi) is 5.77. The number of likely N-dealkylation sites (tertiary alicyclic amines) is 1. The predicted molar refractivity (Wildman–Crippen MR) is 123 cm³/mol. The highest BCUT2D eigenvalue weighted by Gasteiger charge is 2.47. The Bertz CT molecular complexity index is 1090. The van der Waals surface area contributed by atoms with Crippen LogP contribution in [0.15, 0.2) is 48.5 Å². The molecule has 1 saturated carbocycles. The number of carbonyl (C=O) groups is 3. The van der Waals surface area contributed by atoms with Crippen molar-refractivity contribution in [2.45, 2.75) is 43.2 Å². The van der Waals surface area contributed by atoms with Crippen molar-refractivity contribution in [1.29, 1.82) is 0 Å². The molecule has 34 heavy (non-hydrogen) atoms. The lowest BCUT2D eigenvalue weighted by molar-refractivity contribution is -0.157. The number of carboxylic acid groups (broad SMARTS) is 1. The molecule has 1 unspecified atom stereocenters. The molecule has 3 N–H and O–H groups in total. The summed E-state index contributed by atoms with van der Waals surface area (Å²) in [5, 5.41) is 22.3. The first-order valence-corrected chi connectivity index (χ1v) is 11.7. The number of fused-ring (bicyclic) bond motifs is 3. The van der Waals surface area contributed by atoms with Crippen molar-refractivity contribution >= 4 is 18.0 Å². The van der Waals surface area contributed by atoms with Crippen LogP contribution < -0.4 is 5.32 Å². The predicted octanol–water partition coefficient (Wildman–Crippen LogP) is 2.74. The molecular formula is C26H28N2O6. The van der Waals surface area contributed by atoms with E-state index in [1.807, 2.05) is 24.3 Å². The highest BCUT2D eigenvalue weighted by molar-refractivity contribution is 5.84. The fourth-order valence-corrected chi connectivity index (χ4v) is 5.61. The summed E-state index contributed by atoms with van der Waals surface area (Å²) in [6, 6.07) is 15.9. The van der Waals surface area contributed by atoms with E-state index in [4.69, 9.17) is 4.74 Å². The highest BCUT2D eigenvalue weighted by Crippen LogP contribution is 2.44. The number of β-amino-alcohol motifs (C(OH)–C–C–N with tert-alkyl or cyclic N) is 1. The van der Waals surface area contributed by atoms with Crippen molar-refractivity contribution in [3.05, 3.63) is 59.7 Å². The highest BCUT2D eigenvalue weighted by atomic mass is 16.5. The average Bonchev–Trinajstić information content (AvgIpc) is 3.54. The number of carbonyl (C=O) groups excluding carboxylic acids is 2. The molecule has 178 valence electrons. The maximum absolute atomic E-state index is 13.0. The number of carboxylic acids is 1. The molecule has 0 radical (unpaired) electrons. The van der Waals surface area contributed by atoms with E-state index < -0.39 is 23.6 Å². The summed E-state index contributed by atoms with van der Waals surface area (Å²) in [4.78, 5) is 38.4. The lowest BCUT2D eigenvalue weighted by Gasteiger charge is -2.26. The lowest BCUT2D eigenvalue weighted by Crippen LogP contribution is -2.47. The van der Waals surface area contributed by atoms with Gasteiger partial charge in [-0.25, -0.2) is 9.59 Å². The van der Waals surface area contributed by atoms with Gasteiger partial charge in [0.15, 0.2) is 5.60 Å². The van der Waals surface area contributed by atoms with Gasteiger partial charge in [-0.3, -0.25) is 4.79 Å². The quantitative estimate of drug-likeness (QED) is 0.627. The Hall–Kier alpha value is -3.39. The molecular weight excluding hydrogens is 436 g/mol. The van der Waals surface area contributed by atoms with Gasteiger partial charge in [-0.15, -0.1) is 0 Å². The Morgan fingerprint density at radius 2 is 1.68 bits per heavy atom. The van der Waals surface area contributed by atoms with Gasteiger partial charge in [0.1, 0.15) is 6.61 Å². The Morgan fingerprint density at radius 3 is 2.29 bits per heavy atom. The molecule has 8 nitrogen and oxygen atoms in total. The molecule has 5 rings (SSSR count). The molecule has 0 bridgehead atoms. The fraction of sp³-hybridized carbons (Fsp3) is 0.423. The van der Waals surface area contributed by atoms with E-state index in [9.17, 15) is 24.6 Å². The summed E-state index contributed by atoms with van der Waals surface area (Å²) < 4.78 is 5.63. The summed E-state index contributed by atoms with van der Waals surface area (Å²) in [5.74, 6) is -2.03. The minimum absolute atomic E-state index is 0.00523. The molecule has 3 aliphatic rings. The molecule has 3 atom stereocenters. The van der Waals surface area contributed by atoms with Crippen LogP contribution in [0.1, 0.15) is 42.7 Å². The van der Waals surface area contributed by atoms with Gasteiger partial charge in [0.25, 0.3) is 0 Å². The van der Waals surface area contributed by atoms with Gasteiger partial charge in [-0.05, 0) is 35.1 Å². The molecule has 1 aliphatic heterocycles. The standard InChI is InChI=1S/C26H28N2O6/c29-23(28-13-12-26(33,15-28)24(30)31)20-10-5-11-22(20)27-25(32)34-14-21-18-8-3-1-6-16(18)17-7-2-4-9-19(17)21/h1-4,6-9,20-22,33H,5,10-15H2,(H,27,32)(H,30,31)/t20-,22+,26?/m1/s1. The maximum Gasteiger partial charge on any atom is 0.407 e. The number of nitrogens with one attached hydrogen (secondary N) is 1. The monoisotopic (exact) mass is 464 g/mol. The van der Waals surface area contributed by atoms with Gasteiger partial charge in [0.05, 0.1) is 12.5 Å². The van der Waals surface area contributed by atoms with Gasteiger partial charge < -0.3 is 25.2 Å². The third-order valence-electron chi connectivity index (χ3n) is 7.44. The van der Waals surface area contributed by atoms with E-state index in [0.29, 0.717) is 12.8 Å². The van der Waals surface area contributed by atoms with Gasteiger partial charge in [0.2, 0.25) is 5.91 Å². The molecule has 2 amide bonds. The normalized spacial score (nSPS) is 25.6. The van der Waals surface area contributed by atoms with Gasteiger partial charge >= 0.3 is 12.1 Å². The average molecular weight is 465 g/mol. The van der Waals surface area contributed by atoms with Crippen molar-refractivity contribution in [2.75, 3.05) is 19.7 Å². The number of benzene rings is 2. The molecule has 2 fully saturated rings. The number of aliphatic carboxylic acids is 1. The van der Waals surface area contributed by atoms with Crippen molar-refractivity contribution in [2.24, 2.45) is 5.92 Å². The first-order valence-electron chi connectivity index (χ1n) is 11.7. The first kappa shape index (κ1) is 22.4. The molecule has 0 aromatic heterocycles. The number of hydrogen-bond acceptors (Lipinski definition) is 5. The molecule has 2 aliphatic carbocycles. The van der Waals surface area contributed by atoms with E-state index >= 15 is 0 Å². The van der Waals surface area contributed by atoms with Crippen LogP contribution in [0.2, 0.25) is 0 Å². The molecule has 2 aromatic rings. The SMILES string of the molecule is O=C(N[C@H]1CCC[C@H]1C(=O)N1CCC(O)(C(=O)O)C1)OCC1c2ccccc2-c2ccccc21. The zero-order valence-corrected chi connectivity index (χ0v) is 18.8. The number of nitrogens with zero attached hydrogens (tertiary/aromatic N) is 1. The summed E-state index contributed by atoms with van der Waals surface area (Å²) in [6.07, 6.45) is 1.48. The first-order chi connectivity index (χ1) is 16.4. The van der Waals surface area contributed by atoms with E-state index in [-0.39, 0.29) is 44.0 Å². The van der Waals surface area contributed by atoms with Crippen LogP contribution in [-0.4, -0.2) is 64.4 Å². The van der Waals surface area contributed by atoms with E-state index in [2.05, 4.69) is 29.6 Å². The summed E-state index contributed by atoms with van der Waals surface area (Å²) >= 11 is 0. The van der Waals surface area contributed by atoms with E-state index in [1.165, 1.54) is 4.90 Å². The van der Waals surface area contributed by atoms with E-state index in [0.717, 1.165) is 28.7 Å². The number of ether oxygens (including phenoxy) is 1. The number of amides is 2. The zero-order chi connectivity index (χ0) is 23.9. The Labute approximate surface area is 197 Å². The van der Waals surface area contributed by atoms with Crippen LogP contribution in [0.4, 0.5) is 4.79 Å². The molecule has 2 aromatic carbocycles. The van der Waals surface area contributed by atoms with Crippen molar-refractivity contribution in [1.82, 2.24) is 10.2 Å². The summed E-state index contributed by atoms with van der Waals surface area (Å²) in [5.41, 5.74) is 2.67. The van der Waals surface area contributed by atoms with Gasteiger partial charge in [0, 0.05) is 24.9 Å². The van der Waals surface area contributed by atoms with Gasteiger partial charge in [-0.2, -0.15) is 0 Å². The number of alkyl carbamates (subject to hydrolysis) is 1. The lowest BCUT2D eigenvalue weighted by atomic mass is 9.98. The molecule has 1 saturated heterocycles. The van der Waals surface area contributed by atoms with Crippen LogP contribution in [0.3, 0.4) is 0 Å². The molecule has 8 heteroatoms. The smallest absolute Gasteiger partial charge is 0.407 e. The second kappa shape index (κ2) is 8.76. The van der Waals surface area contributed by atoms with Crippen LogP contribution in [-0.2, 0) is 14.3 Å². The second-order valence-corrected chi connectivity index (χ2v) is 9.46. The fourth-order valence-electron chi connectivity index (χ4n) is 5.61. The summed E-state index contributed by atoms with van der Waals surface area (Å²) in [6.45, 7) is 0.161. The Morgan fingerprint density at radius 1 is 1.03 bits per heavy atom. The van der Waals surface area contributed by atoms with Crippen molar-refractivity contribution in [3.63, 3.8) is 0 Å². The van der Waals surface area contributed by atoms with Crippen LogP contribution in [0.5, 0.6) is 0 Å². The zero-order valence-electron chi connectivity index (χ0n) is 18.8. The third-order valence-corrected chi connectivity index (χ3v) is 7.44. The molecule has 0 spiro atoms. The van der Waals surface area contributed by atoms with Crippen LogP contribution in [0.25, 0.3) is 11.1 Å². The number of hydrogen-bond donors (Lipinski definition) is 3. The van der Waals surface area contributed by atoms with E-state index in [1.54, 1.807) is 0 Å². The molecule has 1 heterocycles. The van der Waals surface area contributed by atoms with Crippen molar-refractivity contribution < 1.29 is 29.3 Å². The largest absolute Gasteiger partial charge is 0.479 e. The second-order valence-electron chi connectivity index (χ2n) is 9.46.